The first-order valence-corrected chi connectivity index (χ1v) is 16.9. The van der Waals surface area contributed by atoms with Crippen LogP contribution in [0.25, 0.3) is 27.9 Å². The van der Waals surface area contributed by atoms with Crippen LogP contribution in [0.3, 0.4) is 0 Å². The number of benzene rings is 5. The summed E-state index contributed by atoms with van der Waals surface area (Å²) in [5.74, 6) is 0.404. The van der Waals surface area contributed by atoms with Crippen LogP contribution in [-0.4, -0.2) is 21.8 Å². The number of carbonyl (C=O) groups is 1. The van der Waals surface area contributed by atoms with Gasteiger partial charge in [0.25, 0.3) is 5.56 Å². The van der Waals surface area contributed by atoms with Crippen molar-refractivity contribution in [1.29, 1.82) is 0 Å². The van der Waals surface area contributed by atoms with Gasteiger partial charge in [0.05, 0.1) is 22.9 Å². The molecule has 0 amide bonds. The molecule has 5 aromatic carbocycles. The molecule has 0 radical (unpaired) electrons. The Hall–Kier alpha value is -5.16. The molecule has 5 heteroatoms. The third-order valence-corrected chi connectivity index (χ3v) is 11.3. The summed E-state index contributed by atoms with van der Waals surface area (Å²) >= 11 is 0. The lowest BCUT2D eigenvalue weighted by molar-refractivity contribution is 0.107. The zero-order valence-corrected chi connectivity index (χ0v) is 26.9. The van der Waals surface area contributed by atoms with Gasteiger partial charge in [-0.05, 0) is 85.1 Å². The van der Waals surface area contributed by atoms with Crippen molar-refractivity contribution in [2.75, 3.05) is 0 Å². The average Bonchev–Trinajstić information content (AvgIpc) is 3.60. The van der Waals surface area contributed by atoms with E-state index in [1.54, 1.807) is 0 Å². The lowest BCUT2D eigenvalue weighted by Crippen LogP contribution is -2.50. The molecule has 0 saturated heterocycles. The molecule has 1 aromatic heterocycles. The number of rotatable bonds is 3. The molecule has 5 aliphatic rings. The van der Waals surface area contributed by atoms with Gasteiger partial charge < -0.3 is 4.79 Å². The molecule has 47 heavy (non-hydrogen) atoms. The van der Waals surface area contributed by atoms with Gasteiger partial charge in [-0.25, -0.2) is 0 Å². The lowest BCUT2D eigenvalue weighted by atomic mass is 9.46. The Morgan fingerprint density at radius 3 is 1.77 bits per heavy atom. The minimum Gasteiger partial charge on any atom is -0.302 e. The number of nitrogens with zero attached hydrogens (tertiary/aromatic N) is 2. The van der Waals surface area contributed by atoms with E-state index in [4.69, 9.17) is 0 Å². The minimum atomic E-state index is -0.697. The maximum atomic E-state index is 15.0. The molecule has 0 saturated carbocycles. The molecule has 3 heterocycles. The van der Waals surface area contributed by atoms with Crippen molar-refractivity contribution >= 4 is 18.0 Å². The molecular formula is C42H33BN2O2. The van der Waals surface area contributed by atoms with Crippen LogP contribution in [0.2, 0.25) is 0 Å². The number of aromatic nitrogens is 2. The quantitative estimate of drug-likeness (QED) is 0.191. The summed E-state index contributed by atoms with van der Waals surface area (Å²) in [5, 5.41) is 0. The molecule has 226 valence electrons. The van der Waals surface area contributed by atoms with Gasteiger partial charge in [0.15, 0.2) is 5.68 Å². The summed E-state index contributed by atoms with van der Waals surface area (Å²) in [5.41, 5.74) is 16.3. The Kier molecular flexibility index (Phi) is 5.30. The molecule has 0 fully saturated rings. The molecule has 3 aliphatic carbocycles. The zero-order valence-electron chi connectivity index (χ0n) is 26.9. The Bertz CT molecular complexity index is 2370. The number of fused-ring (bicyclic) bond motifs is 5. The fourth-order valence-electron chi connectivity index (χ4n) is 9.39. The third-order valence-electron chi connectivity index (χ3n) is 11.3. The van der Waals surface area contributed by atoms with Gasteiger partial charge in [-0.2, -0.15) is 0 Å². The highest BCUT2D eigenvalue weighted by Gasteiger charge is 2.53. The highest BCUT2D eigenvalue weighted by Crippen LogP contribution is 2.56. The van der Waals surface area contributed by atoms with E-state index in [1.807, 2.05) is 22.8 Å². The van der Waals surface area contributed by atoms with E-state index >= 15 is 0 Å². The van der Waals surface area contributed by atoms with Crippen molar-refractivity contribution in [3.63, 3.8) is 0 Å². The number of hydrogen-bond donors (Lipinski definition) is 0. The highest BCUT2D eigenvalue weighted by molar-refractivity contribution is 7.03. The predicted octanol–water partition coefficient (Wildman–Crippen LogP) is 8.00. The van der Waals surface area contributed by atoms with Gasteiger partial charge in [0.2, 0.25) is 0 Å². The summed E-state index contributed by atoms with van der Waals surface area (Å²) in [6.45, 7) is 8.34. The van der Waals surface area contributed by atoms with Crippen LogP contribution >= 0.6 is 0 Å². The van der Waals surface area contributed by atoms with Crippen LogP contribution in [0.5, 0.6) is 0 Å². The molecule has 4 nitrogen and oxygen atoms in total. The first-order valence-electron chi connectivity index (χ1n) is 16.9. The summed E-state index contributed by atoms with van der Waals surface area (Å²) in [7, 11) is 0. The SMILES string of the molecule is CC(C)c1cccc(C(C)C)c1-c1cc2c3c(c1)-n1c4c(c(=O)n1B3C(=O)c1ccccc1-2)C1c2ccccc2C4c2ccccc21. The fraction of sp³-hybridized carbons (Fsp3) is 0.190. The fourth-order valence-corrected chi connectivity index (χ4v) is 9.39. The van der Waals surface area contributed by atoms with Crippen LogP contribution in [0.4, 0.5) is 0 Å². The van der Waals surface area contributed by atoms with Crippen molar-refractivity contribution in [3.8, 4) is 27.9 Å². The Balaban J connectivity index is 1.35. The van der Waals surface area contributed by atoms with Gasteiger partial charge in [0.1, 0.15) is 0 Å². The smallest absolute Gasteiger partial charge is 0.302 e. The third kappa shape index (κ3) is 3.24. The monoisotopic (exact) mass is 608 g/mol. The summed E-state index contributed by atoms with van der Waals surface area (Å²) in [4.78, 5) is 29.5. The summed E-state index contributed by atoms with van der Waals surface area (Å²) in [6, 6.07) is 36.4. The van der Waals surface area contributed by atoms with Crippen molar-refractivity contribution in [1.82, 2.24) is 9.27 Å². The molecule has 0 atom stereocenters. The molecule has 11 rings (SSSR count). The molecule has 0 N–H and O–H groups in total. The van der Waals surface area contributed by atoms with Crippen LogP contribution in [0, 0.1) is 0 Å². The van der Waals surface area contributed by atoms with E-state index in [-0.39, 0.29) is 23.1 Å². The molecule has 6 aromatic rings. The van der Waals surface area contributed by atoms with Crippen LogP contribution in [0.15, 0.2) is 108 Å². The van der Waals surface area contributed by atoms with Gasteiger partial charge in [-0.1, -0.05) is 119 Å². The van der Waals surface area contributed by atoms with E-state index < -0.39 is 6.85 Å². The minimum absolute atomic E-state index is 0.00868. The van der Waals surface area contributed by atoms with Crippen molar-refractivity contribution in [2.24, 2.45) is 0 Å². The van der Waals surface area contributed by atoms with Gasteiger partial charge in [-0.15, -0.1) is 0 Å². The molecular weight excluding hydrogens is 575 g/mol. The molecule has 0 spiro atoms. The normalized spacial score (nSPS) is 17.4. The summed E-state index contributed by atoms with van der Waals surface area (Å²) < 4.78 is 3.99. The van der Waals surface area contributed by atoms with Crippen LogP contribution in [0.1, 0.15) is 106 Å². The average molecular weight is 609 g/mol. The van der Waals surface area contributed by atoms with Crippen LogP contribution in [-0.2, 0) is 0 Å². The second kappa shape index (κ2) is 9.22. The Morgan fingerprint density at radius 1 is 0.617 bits per heavy atom. The van der Waals surface area contributed by atoms with E-state index in [1.165, 1.54) is 38.9 Å². The standard InChI is InChI=1S/C42H33BN2O2/c1-22(2)25-18-11-19-26(23(3)4)35(25)24-20-33-27-12-5-10-17-32(27)41(46)43-39(33)34(21-24)44-40-37-30-15-8-6-13-28(30)36(38(40)42(47)45(43)44)29-14-7-9-16-31(29)37/h5-23,36-37H,1-4H3. The molecule has 0 unspecified atom stereocenters. The number of hydrogen-bond acceptors (Lipinski definition) is 2. The van der Waals surface area contributed by atoms with Crippen molar-refractivity contribution in [3.05, 3.63) is 164 Å². The predicted molar refractivity (Wildman–Crippen MR) is 189 cm³/mol. The second-order valence-corrected chi connectivity index (χ2v) is 14.3. The van der Waals surface area contributed by atoms with Gasteiger partial charge >= 0.3 is 6.85 Å². The van der Waals surface area contributed by atoms with Crippen LogP contribution < -0.4 is 11.0 Å². The van der Waals surface area contributed by atoms with Gasteiger partial charge in [0, 0.05) is 11.5 Å². The first kappa shape index (κ1) is 27.0. The second-order valence-electron chi connectivity index (χ2n) is 14.3. The maximum absolute atomic E-state index is 15.0. The van der Waals surface area contributed by atoms with E-state index in [2.05, 4.69) is 117 Å². The molecule has 2 aliphatic heterocycles. The zero-order chi connectivity index (χ0) is 31.9. The first-order chi connectivity index (χ1) is 22.9. The highest BCUT2D eigenvalue weighted by atomic mass is 16.1. The van der Waals surface area contributed by atoms with E-state index in [0.29, 0.717) is 17.4 Å². The summed E-state index contributed by atoms with van der Waals surface area (Å²) in [6.07, 6.45) is 0. The Morgan fingerprint density at radius 2 is 1.17 bits per heavy atom. The Labute approximate surface area is 274 Å². The molecule has 2 bridgehead atoms. The van der Waals surface area contributed by atoms with Gasteiger partial charge in [-0.3, -0.25) is 14.1 Å². The van der Waals surface area contributed by atoms with E-state index in [9.17, 15) is 9.59 Å². The topological polar surface area (TPSA) is 44.0 Å². The maximum Gasteiger partial charge on any atom is 0.401 e. The van der Waals surface area contributed by atoms with Crippen molar-refractivity contribution < 1.29 is 4.79 Å². The van der Waals surface area contributed by atoms with Crippen molar-refractivity contribution in [2.45, 2.75) is 51.4 Å². The lowest BCUT2D eigenvalue weighted by Gasteiger charge is -2.40. The number of carbonyl (C=O) groups excluding carboxylic acids is 1. The van der Waals surface area contributed by atoms with E-state index in [0.717, 1.165) is 39.1 Å². The largest absolute Gasteiger partial charge is 0.401 e.